The molecule has 1 N–H and O–H groups in total. The molecule has 2 rings (SSSR count). The second kappa shape index (κ2) is 8.12. The molecule has 0 aromatic heterocycles. The number of carbonyl (C=O) groups excluding carboxylic acids is 1. The highest BCUT2D eigenvalue weighted by Crippen LogP contribution is 2.30. The van der Waals surface area contributed by atoms with Gasteiger partial charge in [0.1, 0.15) is 0 Å². The molecule has 1 atom stereocenters. The van der Waals surface area contributed by atoms with E-state index in [-0.39, 0.29) is 22.8 Å². The first-order chi connectivity index (χ1) is 12.5. The van der Waals surface area contributed by atoms with Crippen LogP contribution in [0.3, 0.4) is 0 Å². The van der Waals surface area contributed by atoms with Crippen molar-refractivity contribution in [2.45, 2.75) is 64.8 Å². The van der Waals surface area contributed by atoms with E-state index in [4.69, 9.17) is 0 Å². The van der Waals surface area contributed by atoms with Gasteiger partial charge >= 0.3 is 0 Å². The summed E-state index contributed by atoms with van der Waals surface area (Å²) < 4.78 is 0. The Morgan fingerprint density at radius 1 is 0.963 bits per heavy atom. The van der Waals surface area contributed by atoms with Crippen molar-refractivity contribution in [3.63, 3.8) is 0 Å². The molecule has 0 fully saturated rings. The summed E-state index contributed by atoms with van der Waals surface area (Å²) in [7, 11) is 0. The van der Waals surface area contributed by atoms with Crippen LogP contribution in [0.2, 0.25) is 0 Å². The Bertz CT molecular complexity index is 759. The highest BCUT2D eigenvalue weighted by molar-refractivity contribution is 5.95. The molecule has 1 amide bonds. The molecule has 2 aromatic rings. The van der Waals surface area contributed by atoms with Crippen molar-refractivity contribution in [2.24, 2.45) is 0 Å². The molecule has 2 heteroatoms. The first-order valence-electron chi connectivity index (χ1n) is 9.65. The van der Waals surface area contributed by atoms with E-state index >= 15 is 0 Å². The standard InChI is InChI=1S/C25H33NO/c1-8-12-22(18-13-10-9-11-14-18)26-23(27)19-15-20(24(2,3)4)17-21(16-19)25(5,6)7/h8-11,13-17,22H,1,12H2,2-7H3,(H,26,27)/t22-/m1/s1. The van der Waals surface area contributed by atoms with E-state index in [1.165, 1.54) is 11.1 Å². The van der Waals surface area contributed by atoms with Crippen LogP contribution in [0.5, 0.6) is 0 Å². The highest BCUT2D eigenvalue weighted by Gasteiger charge is 2.23. The fourth-order valence-corrected chi connectivity index (χ4v) is 3.00. The maximum atomic E-state index is 13.1. The van der Waals surface area contributed by atoms with Gasteiger partial charge < -0.3 is 5.32 Å². The second-order valence-corrected chi connectivity index (χ2v) is 9.26. The zero-order valence-corrected chi connectivity index (χ0v) is 17.6. The monoisotopic (exact) mass is 363 g/mol. The van der Waals surface area contributed by atoms with Gasteiger partial charge in [-0.1, -0.05) is 84.0 Å². The molecule has 144 valence electrons. The SMILES string of the molecule is C=CC[C@@H](NC(=O)c1cc(C(C)(C)C)cc(C(C)(C)C)c1)c1ccccc1. The molecule has 0 aliphatic rings. The third-order valence-corrected chi connectivity index (χ3v) is 4.84. The van der Waals surface area contributed by atoms with Crippen LogP contribution in [0.15, 0.2) is 61.2 Å². The second-order valence-electron chi connectivity index (χ2n) is 9.26. The van der Waals surface area contributed by atoms with Gasteiger partial charge in [0.05, 0.1) is 6.04 Å². The zero-order chi connectivity index (χ0) is 20.2. The minimum absolute atomic E-state index is 0.0176. The van der Waals surface area contributed by atoms with Gasteiger partial charge in [0.2, 0.25) is 0 Å². The third kappa shape index (κ3) is 5.56. The maximum Gasteiger partial charge on any atom is 0.251 e. The largest absolute Gasteiger partial charge is 0.345 e. The van der Waals surface area contributed by atoms with Crippen molar-refractivity contribution >= 4 is 5.91 Å². The van der Waals surface area contributed by atoms with Gasteiger partial charge in [-0.15, -0.1) is 6.58 Å². The van der Waals surface area contributed by atoms with Gasteiger partial charge in [0.25, 0.3) is 5.91 Å². The van der Waals surface area contributed by atoms with E-state index in [1.54, 1.807) is 0 Å². The molecule has 0 unspecified atom stereocenters. The van der Waals surface area contributed by atoms with Gasteiger partial charge in [0.15, 0.2) is 0 Å². The normalized spacial score (nSPS) is 13.1. The number of carbonyl (C=O) groups is 1. The summed E-state index contributed by atoms with van der Waals surface area (Å²) >= 11 is 0. The van der Waals surface area contributed by atoms with Crippen molar-refractivity contribution < 1.29 is 4.79 Å². The van der Waals surface area contributed by atoms with Crippen molar-refractivity contribution in [3.8, 4) is 0 Å². The Morgan fingerprint density at radius 2 is 1.48 bits per heavy atom. The number of rotatable bonds is 5. The molecule has 0 bridgehead atoms. The minimum atomic E-state index is -0.0763. The average molecular weight is 364 g/mol. The fraction of sp³-hybridized carbons (Fsp3) is 0.400. The lowest BCUT2D eigenvalue weighted by Crippen LogP contribution is -2.29. The molecule has 0 spiro atoms. The van der Waals surface area contributed by atoms with E-state index in [1.807, 2.05) is 48.5 Å². The molecule has 0 saturated heterocycles. The van der Waals surface area contributed by atoms with E-state index in [2.05, 4.69) is 59.5 Å². The van der Waals surface area contributed by atoms with Crippen molar-refractivity contribution in [1.29, 1.82) is 0 Å². The van der Waals surface area contributed by atoms with E-state index in [0.717, 1.165) is 11.1 Å². The molecule has 0 radical (unpaired) electrons. The lowest BCUT2D eigenvalue weighted by Gasteiger charge is -2.26. The summed E-state index contributed by atoms with van der Waals surface area (Å²) in [5.41, 5.74) is 4.14. The van der Waals surface area contributed by atoms with Crippen LogP contribution in [0, 0.1) is 0 Å². The predicted octanol–water partition coefficient (Wildman–Crippen LogP) is 6.33. The molecule has 2 nitrogen and oxygen atoms in total. The number of nitrogens with one attached hydrogen (secondary N) is 1. The van der Waals surface area contributed by atoms with Gasteiger partial charge in [0, 0.05) is 5.56 Å². The predicted molar refractivity (Wildman–Crippen MR) is 115 cm³/mol. The molecule has 0 aliphatic heterocycles. The van der Waals surface area contributed by atoms with Crippen LogP contribution in [0.25, 0.3) is 0 Å². The van der Waals surface area contributed by atoms with Gasteiger partial charge in [-0.25, -0.2) is 0 Å². The first-order valence-corrected chi connectivity index (χ1v) is 9.65. The lowest BCUT2D eigenvalue weighted by atomic mass is 9.79. The van der Waals surface area contributed by atoms with Crippen LogP contribution in [0.4, 0.5) is 0 Å². The van der Waals surface area contributed by atoms with Gasteiger partial charge in [-0.2, -0.15) is 0 Å². The number of hydrogen-bond acceptors (Lipinski definition) is 1. The van der Waals surface area contributed by atoms with E-state index in [0.29, 0.717) is 6.42 Å². The Balaban J connectivity index is 2.40. The van der Waals surface area contributed by atoms with Crippen LogP contribution >= 0.6 is 0 Å². The number of benzene rings is 2. The Hall–Kier alpha value is -2.35. The van der Waals surface area contributed by atoms with Crippen molar-refractivity contribution in [1.82, 2.24) is 5.32 Å². The molecule has 0 saturated carbocycles. The quantitative estimate of drug-likeness (QED) is 0.618. The highest BCUT2D eigenvalue weighted by atomic mass is 16.1. The maximum absolute atomic E-state index is 13.1. The topological polar surface area (TPSA) is 29.1 Å². The Labute approximate surface area is 164 Å². The summed E-state index contributed by atoms with van der Waals surface area (Å²) in [5.74, 6) is -0.0395. The van der Waals surface area contributed by atoms with Crippen molar-refractivity contribution in [3.05, 3.63) is 83.4 Å². The van der Waals surface area contributed by atoms with Crippen LogP contribution < -0.4 is 5.32 Å². The summed E-state index contributed by atoms with van der Waals surface area (Å²) in [6, 6.07) is 16.3. The first kappa shape index (κ1) is 21.0. The molecular formula is C25H33NO. The van der Waals surface area contributed by atoms with Gasteiger partial charge in [-0.3, -0.25) is 4.79 Å². The summed E-state index contributed by atoms with van der Waals surface area (Å²) in [4.78, 5) is 13.1. The lowest BCUT2D eigenvalue weighted by molar-refractivity contribution is 0.0936. The summed E-state index contributed by atoms with van der Waals surface area (Å²) in [5, 5.41) is 3.20. The number of hydrogen-bond donors (Lipinski definition) is 1. The number of amides is 1. The molecule has 2 aromatic carbocycles. The summed E-state index contributed by atoms with van der Waals surface area (Å²) in [6.45, 7) is 16.9. The summed E-state index contributed by atoms with van der Waals surface area (Å²) in [6.07, 6.45) is 2.55. The molecule has 27 heavy (non-hydrogen) atoms. The van der Waals surface area contributed by atoms with Crippen LogP contribution in [-0.4, -0.2) is 5.91 Å². The average Bonchev–Trinajstić information content (AvgIpc) is 2.60. The fourth-order valence-electron chi connectivity index (χ4n) is 3.00. The van der Waals surface area contributed by atoms with Gasteiger partial charge in [-0.05, 0) is 46.1 Å². The minimum Gasteiger partial charge on any atom is -0.345 e. The zero-order valence-electron chi connectivity index (χ0n) is 17.6. The Morgan fingerprint density at radius 3 is 1.93 bits per heavy atom. The Kier molecular flexibility index (Phi) is 6.30. The van der Waals surface area contributed by atoms with E-state index < -0.39 is 0 Å². The molecule has 0 aliphatic carbocycles. The third-order valence-electron chi connectivity index (χ3n) is 4.84. The van der Waals surface area contributed by atoms with Crippen LogP contribution in [-0.2, 0) is 10.8 Å². The van der Waals surface area contributed by atoms with E-state index in [9.17, 15) is 4.79 Å². The molecular weight excluding hydrogens is 330 g/mol. The molecule has 0 heterocycles. The van der Waals surface area contributed by atoms with Crippen LogP contribution in [0.1, 0.15) is 81.1 Å². The van der Waals surface area contributed by atoms with Crippen molar-refractivity contribution in [2.75, 3.05) is 0 Å². The smallest absolute Gasteiger partial charge is 0.251 e.